The molecule has 2 aromatic carbocycles. The number of rotatable bonds is 13. The molecule has 41 heavy (non-hydrogen) atoms. The lowest BCUT2D eigenvalue weighted by atomic mass is 10.00. The fourth-order valence-corrected chi connectivity index (χ4v) is 6.52. The van der Waals surface area contributed by atoms with Crippen molar-refractivity contribution in [1.82, 2.24) is 15.8 Å². The molecule has 12 heteroatoms. The second-order valence-corrected chi connectivity index (χ2v) is 12.3. The molecule has 1 saturated heterocycles. The van der Waals surface area contributed by atoms with Gasteiger partial charge in [0.2, 0.25) is 0 Å². The summed E-state index contributed by atoms with van der Waals surface area (Å²) < 4.78 is 43.8. The average molecular weight is 590 g/mol. The first-order valence-electron chi connectivity index (χ1n) is 14.0. The van der Waals surface area contributed by atoms with Crippen LogP contribution in [0.3, 0.4) is 0 Å². The number of anilines is 2. The van der Waals surface area contributed by atoms with Gasteiger partial charge in [-0.1, -0.05) is 42.4 Å². The minimum absolute atomic E-state index is 0.0337. The second-order valence-electron chi connectivity index (χ2n) is 10.1. The minimum atomic E-state index is -3.21. The number of aliphatic hydroxyl groups excluding tert-OH is 1. The molecule has 0 aliphatic carbocycles. The number of carbonyl (C=O) groups is 1. The first kappa shape index (κ1) is 30.8. The number of benzene rings is 2. The normalized spacial score (nSPS) is 17.1. The maximum atomic E-state index is 15.9. The Morgan fingerprint density at radius 1 is 1.17 bits per heavy atom. The molecular weight excluding hydrogens is 549 g/mol. The zero-order valence-corrected chi connectivity index (χ0v) is 24.3. The van der Waals surface area contributed by atoms with E-state index < -0.39 is 34.6 Å². The number of carbonyl (C=O) groups excluding carboxylic acids is 1. The van der Waals surface area contributed by atoms with E-state index in [2.05, 4.69) is 21.1 Å². The van der Waals surface area contributed by atoms with E-state index in [0.717, 1.165) is 17.7 Å². The summed E-state index contributed by atoms with van der Waals surface area (Å²) in [7, 11) is -3.21. The number of aliphatic hydroxyl groups is 1. The van der Waals surface area contributed by atoms with Gasteiger partial charge in [-0.2, -0.15) is 0 Å². The number of nitrogens with zero attached hydrogens (tertiary/aromatic N) is 2. The first-order valence-corrected chi connectivity index (χ1v) is 15.7. The van der Waals surface area contributed by atoms with E-state index in [1.165, 1.54) is 16.4 Å². The van der Waals surface area contributed by atoms with Crippen molar-refractivity contribution in [2.45, 2.75) is 58.2 Å². The molecule has 224 valence electrons. The molecule has 0 spiro atoms. The van der Waals surface area contributed by atoms with E-state index in [9.17, 15) is 19.0 Å². The van der Waals surface area contributed by atoms with Crippen LogP contribution in [-0.2, 0) is 19.4 Å². The fourth-order valence-electron chi connectivity index (χ4n) is 4.84. The van der Waals surface area contributed by atoms with Gasteiger partial charge in [-0.3, -0.25) is 18.2 Å². The third kappa shape index (κ3) is 7.98. The van der Waals surface area contributed by atoms with Crippen molar-refractivity contribution in [1.29, 1.82) is 0 Å². The Hall–Kier alpha value is -3.16. The van der Waals surface area contributed by atoms with Crippen LogP contribution in [0.2, 0.25) is 0 Å². The number of amides is 1. The third-order valence-electron chi connectivity index (χ3n) is 7.03. The molecule has 4 rings (SSSR count). The van der Waals surface area contributed by atoms with Gasteiger partial charge in [-0.05, 0) is 50.3 Å². The molecule has 0 saturated carbocycles. The molecule has 2 atom stereocenters. The van der Waals surface area contributed by atoms with Crippen molar-refractivity contribution < 1.29 is 27.9 Å². The van der Waals surface area contributed by atoms with E-state index in [1.54, 1.807) is 0 Å². The molecule has 3 aromatic rings. The molecule has 10 nitrogen and oxygen atoms in total. The van der Waals surface area contributed by atoms with Crippen LogP contribution in [0.25, 0.3) is 0 Å². The number of aryl methyl sites for hydroxylation is 1. The van der Waals surface area contributed by atoms with Crippen LogP contribution in [0.15, 0.2) is 53.1 Å². The van der Waals surface area contributed by atoms with Gasteiger partial charge in [-0.15, -0.1) is 10.8 Å². The zero-order valence-electron chi connectivity index (χ0n) is 23.5. The smallest absolute Gasteiger partial charge is 0.254 e. The summed E-state index contributed by atoms with van der Waals surface area (Å²) in [5, 5.41) is 24.2. The van der Waals surface area contributed by atoms with E-state index >= 15 is 4.39 Å². The van der Waals surface area contributed by atoms with Crippen molar-refractivity contribution in [3.05, 3.63) is 76.9 Å². The van der Waals surface area contributed by atoms with Crippen molar-refractivity contribution >= 4 is 28.1 Å². The highest BCUT2D eigenvalue weighted by Gasteiger charge is 2.32. The zero-order chi connectivity index (χ0) is 29.4. The molecule has 1 aliphatic heterocycles. The molecule has 0 bridgehead atoms. The van der Waals surface area contributed by atoms with Gasteiger partial charge in [0.05, 0.1) is 41.4 Å². The molecule has 0 radical (unpaired) electrons. The van der Waals surface area contributed by atoms with Crippen molar-refractivity contribution in [2.24, 2.45) is 0 Å². The minimum Gasteiger partial charge on any atom is -0.390 e. The number of nitrogens with one attached hydrogen (secondary N) is 3. The van der Waals surface area contributed by atoms with E-state index in [-0.39, 0.29) is 30.1 Å². The number of hydrogen-bond donors (Lipinski definition) is 6. The average Bonchev–Trinajstić information content (AvgIpc) is 3.42. The van der Waals surface area contributed by atoms with Gasteiger partial charge >= 0.3 is 0 Å². The van der Waals surface area contributed by atoms with Crippen LogP contribution in [0.4, 0.5) is 15.8 Å². The highest BCUT2D eigenvalue weighted by atomic mass is 32.3. The largest absolute Gasteiger partial charge is 0.390 e. The molecule has 2 unspecified atom stereocenters. The Morgan fingerprint density at radius 3 is 2.63 bits per heavy atom. The van der Waals surface area contributed by atoms with E-state index in [0.29, 0.717) is 43.8 Å². The molecule has 1 fully saturated rings. The Morgan fingerprint density at radius 2 is 1.95 bits per heavy atom. The number of hydrogen-bond acceptors (Lipinski definition) is 9. The lowest BCUT2D eigenvalue weighted by Crippen LogP contribution is -2.49. The predicted molar refractivity (Wildman–Crippen MR) is 160 cm³/mol. The lowest BCUT2D eigenvalue weighted by Gasteiger charge is -2.47. The Bertz CT molecular complexity index is 1290. The van der Waals surface area contributed by atoms with Crippen LogP contribution in [-0.4, -0.2) is 62.8 Å². The Labute approximate surface area is 241 Å². The fraction of sp³-hybridized carbons (Fsp3) is 0.448. The van der Waals surface area contributed by atoms with Crippen LogP contribution in [0.5, 0.6) is 0 Å². The van der Waals surface area contributed by atoms with Crippen molar-refractivity contribution in [2.75, 3.05) is 35.0 Å². The van der Waals surface area contributed by atoms with Crippen molar-refractivity contribution in [3.8, 4) is 0 Å². The van der Waals surface area contributed by atoms with E-state index in [1.807, 2.05) is 50.2 Å². The molecule has 2 heterocycles. The maximum absolute atomic E-state index is 15.9. The Balaban J connectivity index is 1.56. The summed E-state index contributed by atoms with van der Waals surface area (Å²) in [5.74, 6) is -0.767. The summed E-state index contributed by atoms with van der Waals surface area (Å²) >= 11 is 0. The van der Waals surface area contributed by atoms with Crippen LogP contribution in [0.1, 0.15) is 54.1 Å². The highest BCUT2D eigenvalue weighted by Crippen LogP contribution is 2.51. The highest BCUT2D eigenvalue weighted by molar-refractivity contribution is 8.25. The topological polar surface area (TPSA) is 143 Å². The predicted octanol–water partition coefficient (Wildman–Crippen LogP) is 4.57. The van der Waals surface area contributed by atoms with Crippen LogP contribution >= 0.6 is 10.8 Å². The summed E-state index contributed by atoms with van der Waals surface area (Å²) in [4.78, 5) is 13.6. The molecule has 1 aliphatic rings. The summed E-state index contributed by atoms with van der Waals surface area (Å²) in [6.45, 7) is 5.13. The standard InChI is InChI=1S/C29H40FN5O5S/c1-3-21-15-23(40-34-21)18-31-19-27(36)25(14-20-10-6-5-7-11-20)33-29(37)24-16-22(32-4-2)17-26(28(24)30)35-12-8-9-13-41(35,38)39/h5-7,10-11,15-17,25,27,31-32,36,38-39H,3-4,8-9,12-14,18-19H2,1-2H3,(H,33,37). The molecule has 6 N–H and O–H groups in total. The van der Waals surface area contributed by atoms with Crippen LogP contribution in [0, 0.1) is 5.82 Å². The molecule has 1 amide bonds. The lowest BCUT2D eigenvalue weighted by molar-refractivity contribution is 0.0825. The number of aromatic nitrogens is 1. The monoisotopic (exact) mass is 589 g/mol. The first-order chi connectivity index (χ1) is 19.7. The number of halogens is 1. The third-order valence-corrected chi connectivity index (χ3v) is 8.95. The molecular formula is C29H40FN5O5S. The van der Waals surface area contributed by atoms with Gasteiger partial charge in [0, 0.05) is 31.4 Å². The van der Waals surface area contributed by atoms with Crippen LogP contribution < -0.4 is 20.3 Å². The van der Waals surface area contributed by atoms with Crippen molar-refractivity contribution in [3.63, 3.8) is 0 Å². The van der Waals surface area contributed by atoms with E-state index in [4.69, 9.17) is 4.52 Å². The van der Waals surface area contributed by atoms with Gasteiger partial charge in [0.1, 0.15) is 0 Å². The summed E-state index contributed by atoms with van der Waals surface area (Å²) in [5.41, 5.74) is 1.93. The summed E-state index contributed by atoms with van der Waals surface area (Å²) in [6.07, 6.45) is 1.35. The van der Waals surface area contributed by atoms with Gasteiger partial charge < -0.3 is 25.6 Å². The van der Waals surface area contributed by atoms with Gasteiger partial charge in [0.25, 0.3) is 5.91 Å². The summed E-state index contributed by atoms with van der Waals surface area (Å²) in [6, 6.07) is 13.4. The molecule has 1 aromatic heterocycles. The van der Waals surface area contributed by atoms with Gasteiger partial charge in [-0.25, -0.2) is 4.39 Å². The maximum Gasteiger partial charge on any atom is 0.254 e. The van der Waals surface area contributed by atoms with Gasteiger partial charge in [0.15, 0.2) is 11.6 Å². The second kappa shape index (κ2) is 14.1. The Kier molecular flexibility index (Phi) is 10.6. The SMILES string of the molecule is CCNc1cc(C(=O)NC(Cc2ccccc2)C(O)CNCc2cc(CC)no2)c(F)c(N2CCCCS2(O)O)c1. The quantitative estimate of drug-likeness (QED) is 0.169.